The number of alkyl halides is 3. The number of phenols is 1. The number of phenolic OH excluding ortho intramolecular Hbond substituents is 1. The first kappa shape index (κ1) is 24.2. The monoisotopic (exact) mass is 455 g/mol. The van der Waals surface area contributed by atoms with Crippen LogP contribution in [0.4, 0.5) is 18.9 Å². The molecule has 0 saturated carbocycles. The van der Waals surface area contributed by atoms with Crippen LogP contribution in [-0.2, 0) is 19.8 Å². The predicted octanol–water partition coefficient (Wildman–Crippen LogP) is 1.08. The van der Waals surface area contributed by atoms with Crippen molar-refractivity contribution < 1.29 is 40.8 Å². The van der Waals surface area contributed by atoms with Gasteiger partial charge >= 0.3 is 22.4 Å². The number of likely N-dealkylation sites (tertiary alicyclic amines) is 1. The molecule has 1 saturated heterocycles. The van der Waals surface area contributed by atoms with E-state index in [-0.39, 0.29) is 31.2 Å². The molecule has 0 unspecified atom stereocenters. The molecule has 1 heterocycles. The summed E-state index contributed by atoms with van der Waals surface area (Å²) in [5, 5.41) is 11.3. The van der Waals surface area contributed by atoms with E-state index < -0.39 is 28.4 Å². The number of carbonyl (C=O) groups excluding carboxylic acids is 1. The molecule has 170 valence electrons. The number of nitrogens with zero attached hydrogens (tertiary/aromatic N) is 2. The van der Waals surface area contributed by atoms with Gasteiger partial charge in [-0.2, -0.15) is 21.6 Å². The molecule has 1 amide bonds. The third-order valence-corrected chi connectivity index (χ3v) is 5.61. The number of amides is 1. The molecule has 0 radical (unpaired) electrons. The number of rotatable bonds is 9. The largest absolute Gasteiger partial charge is 0.508 e. The number of hydrogen-bond acceptors (Lipinski definition) is 6. The summed E-state index contributed by atoms with van der Waals surface area (Å²) >= 11 is 0. The highest BCUT2D eigenvalue weighted by molar-refractivity contribution is 7.87. The molecular formula is C17H24F3N3O6S. The third-order valence-electron chi connectivity index (χ3n) is 4.60. The van der Waals surface area contributed by atoms with E-state index in [4.69, 9.17) is 4.74 Å². The van der Waals surface area contributed by atoms with Gasteiger partial charge in [-0.1, -0.05) is 0 Å². The van der Waals surface area contributed by atoms with E-state index in [1.165, 1.54) is 18.2 Å². The fraction of sp³-hybridized carbons (Fsp3) is 0.588. The van der Waals surface area contributed by atoms with Gasteiger partial charge in [0.05, 0.1) is 24.9 Å². The molecule has 1 aromatic carbocycles. The van der Waals surface area contributed by atoms with Gasteiger partial charge in [-0.05, 0) is 37.1 Å². The van der Waals surface area contributed by atoms with Crippen LogP contribution in [0.25, 0.3) is 0 Å². The van der Waals surface area contributed by atoms with Crippen molar-refractivity contribution in [3.05, 3.63) is 23.8 Å². The Morgan fingerprint density at radius 1 is 1.37 bits per heavy atom. The lowest BCUT2D eigenvalue weighted by Gasteiger charge is -2.28. The van der Waals surface area contributed by atoms with Crippen LogP contribution >= 0.6 is 0 Å². The number of aryl methyl sites for hydroxylation is 1. The molecule has 0 bridgehead atoms. The summed E-state index contributed by atoms with van der Waals surface area (Å²) in [5.74, 6) is -2.02. The number of benzene rings is 1. The lowest BCUT2D eigenvalue weighted by atomic mass is 10.1. The van der Waals surface area contributed by atoms with Crippen molar-refractivity contribution in [2.45, 2.75) is 25.6 Å². The Bertz CT molecular complexity index is 850. The SMILES string of the molecule is Cc1cc(N([C@H]2CCN(CCOCCNC(=O)C(F)(F)F)C2)S(=O)(=O)O)ccc1O. The number of halogens is 3. The van der Waals surface area contributed by atoms with E-state index in [9.17, 15) is 36.0 Å². The standard InChI is InChI=1S/C17H24F3N3O6S/c1-12-10-13(2-3-15(12)24)23(30(26,27)28)14-4-6-22(11-14)7-9-29-8-5-21-16(25)17(18,19)20/h2-3,10,14,24H,4-9,11H2,1H3,(H,21,25)(H,26,27,28)/t14-/m0/s1. The lowest BCUT2D eigenvalue weighted by Crippen LogP contribution is -2.42. The van der Waals surface area contributed by atoms with E-state index in [0.717, 1.165) is 4.31 Å². The molecule has 1 aromatic rings. The van der Waals surface area contributed by atoms with E-state index in [2.05, 4.69) is 0 Å². The van der Waals surface area contributed by atoms with Crippen LogP contribution in [-0.4, -0.2) is 80.5 Å². The summed E-state index contributed by atoms with van der Waals surface area (Å²) in [6.45, 7) is 2.66. The van der Waals surface area contributed by atoms with Crippen LogP contribution in [0.2, 0.25) is 0 Å². The molecule has 30 heavy (non-hydrogen) atoms. The van der Waals surface area contributed by atoms with Crippen LogP contribution < -0.4 is 9.62 Å². The highest BCUT2D eigenvalue weighted by atomic mass is 32.2. The Kier molecular flexibility index (Phi) is 7.91. The van der Waals surface area contributed by atoms with Gasteiger partial charge in [0.1, 0.15) is 5.75 Å². The fourth-order valence-electron chi connectivity index (χ4n) is 3.15. The smallest absolute Gasteiger partial charge is 0.471 e. The van der Waals surface area contributed by atoms with E-state index in [1.54, 1.807) is 12.2 Å². The van der Waals surface area contributed by atoms with Gasteiger partial charge in [0, 0.05) is 26.2 Å². The summed E-state index contributed by atoms with van der Waals surface area (Å²) in [6, 6.07) is 3.68. The molecule has 1 aliphatic heterocycles. The van der Waals surface area contributed by atoms with Crippen LogP contribution in [0.15, 0.2) is 18.2 Å². The number of carbonyl (C=O) groups is 1. The molecule has 0 aliphatic carbocycles. The second-order valence-electron chi connectivity index (χ2n) is 6.85. The van der Waals surface area contributed by atoms with Crippen LogP contribution in [0, 0.1) is 6.92 Å². The average molecular weight is 455 g/mol. The van der Waals surface area contributed by atoms with Crippen molar-refractivity contribution in [2.75, 3.05) is 43.7 Å². The van der Waals surface area contributed by atoms with Gasteiger partial charge in [-0.3, -0.25) is 14.2 Å². The number of nitrogens with one attached hydrogen (secondary N) is 1. The van der Waals surface area contributed by atoms with Crippen LogP contribution in [0.5, 0.6) is 5.75 Å². The molecule has 1 fully saturated rings. The fourth-order valence-corrected chi connectivity index (χ4v) is 4.08. The zero-order valence-electron chi connectivity index (χ0n) is 16.2. The molecule has 3 N–H and O–H groups in total. The van der Waals surface area contributed by atoms with Crippen molar-refractivity contribution in [1.82, 2.24) is 10.2 Å². The van der Waals surface area contributed by atoms with E-state index >= 15 is 0 Å². The molecule has 1 atom stereocenters. The number of aromatic hydroxyl groups is 1. The summed E-state index contributed by atoms with van der Waals surface area (Å²) in [5.41, 5.74) is 0.693. The van der Waals surface area contributed by atoms with Gasteiger partial charge < -0.3 is 15.2 Å². The Hall–Kier alpha value is -2.09. The molecule has 13 heteroatoms. The quantitative estimate of drug-likeness (QED) is 0.377. The maximum absolute atomic E-state index is 12.0. The Morgan fingerprint density at radius 3 is 2.67 bits per heavy atom. The normalized spacial score (nSPS) is 17.8. The summed E-state index contributed by atoms with van der Waals surface area (Å²) in [6.07, 6.45) is -4.49. The van der Waals surface area contributed by atoms with Crippen LogP contribution in [0.1, 0.15) is 12.0 Å². The minimum Gasteiger partial charge on any atom is -0.508 e. The van der Waals surface area contributed by atoms with Crippen LogP contribution in [0.3, 0.4) is 0 Å². The van der Waals surface area contributed by atoms with Crippen molar-refractivity contribution in [3.8, 4) is 5.75 Å². The second-order valence-corrected chi connectivity index (χ2v) is 8.14. The molecule has 1 aliphatic rings. The van der Waals surface area contributed by atoms with Crippen molar-refractivity contribution in [2.24, 2.45) is 0 Å². The van der Waals surface area contributed by atoms with Gasteiger partial charge in [0.2, 0.25) is 0 Å². The van der Waals surface area contributed by atoms with Crippen molar-refractivity contribution in [3.63, 3.8) is 0 Å². The summed E-state index contributed by atoms with van der Waals surface area (Å²) < 4.78 is 75.8. The highest BCUT2D eigenvalue weighted by Gasteiger charge is 2.38. The predicted molar refractivity (Wildman–Crippen MR) is 102 cm³/mol. The van der Waals surface area contributed by atoms with Crippen molar-refractivity contribution in [1.29, 1.82) is 0 Å². The molecule has 9 nitrogen and oxygen atoms in total. The Morgan fingerprint density at radius 2 is 2.07 bits per heavy atom. The number of ether oxygens (including phenoxy) is 1. The number of hydrogen-bond donors (Lipinski definition) is 3. The van der Waals surface area contributed by atoms with Gasteiger partial charge in [0.15, 0.2) is 0 Å². The first-order valence-electron chi connectivity index (χ1n) is 9.11. The first-order valence-corrected chi connectivity index (χ1v) is 10.5. The first-order chi connectivity index (χ1) is 13.9. The Labute approximate surface area is 172 Å². The Balaban J connectivity index is 1.83. The van der Waals surface area contributed by atoms with Gasteiger partial charge in [-0.25, -0.2) is 4.31 Å². The third kappa shape index (κ3) is 6.72. The lowest BCUT2D eigenvalue weighted by molar-refractivity contribution is -0.173. The highest BCUT2D eigenvalue weighted by Crippen LogP contribution is 2.29. The van der Waals surface area contributed by atoms with E-state index in [0.29, 0.717) is 31.6 Å². The molecule has 0 spiro atoms. The number of anilines is 1. The average Bonchev–Trinajstić information content (AvgIpc) is 3.07. The topological polar surface area (TPSA) is 119 Å². The summed E-state index contributed by atoms with van der Waals surface area (Å²) in [7, 11) is -4.55. The zero-order valence-corrected chi connectivity index (χ0v) is 17.0. The summed E-state index contributed by atoms with van der Waals surface area (Å²) in [4.78, 5) is 12.5. The minimum absolute atomic E-state index is 0.00524. The minimum atomic E-state index is -4.93. The van der Waals surface area contributed by atoms with E-state index in [1.807, 2.05) is 4.90 Å². The second kappa shape index (κ2) is 9.81. The molecule has 2 rings (SSSR count). The maximum atomic E-state index is 12.0. The molecular weight excluding hydrogens is 431 g/mol. The van der Waals surface area contributed by atoms with Gasteiger partial charge in [0.25, 0.3) is 0 Å². The van der Waals surface area contributed by atoms with Crippen molar-refractivity contribution >= 4 is 21.9 Å². The molecule has 0 aromatic heterocycles. The van der Waals surface area contributed by atoms with Gasteiger partial charge in [-0.15, -0.1) is 0 Å². The zero-order chi connectivity index (χ0) is 22.5. The maximum Gasteiger partial charge on any atom is 0.471 e.